The van der Waals surface area contributed by atoms with Gasteiger partial charge in [0.15, 0.2) is 5.82 Å². The summed E-state index contributed by atoms with van der Waals surface area (Å²) in [7, 11) is 2.00. The van der Waals surface area contributed by atoms with E-state index in [1.165, 1.54) is 0 Å². The van der Waals surface area contributed by atoms with Crippen LogP contribution in [0.5, 0.6) is 0 Å². The third kappa shape index (κ3) is 2.15. The van der Waals surface area contributed by atoms with Crippen molar-refractivity contribution >= 4 is 5.97 Å². The Morgan fingerprint density at radius 3 is 3.13 bits per heavy atom. The zero-order valence-corrected chi connectivity index (χ0v) is 8.51. The number of rotatable bonds is 3. The predicted molar refractivity (Wildman–Crippen MR) is 50.2 cm³/mol. The summed E-state index contributed by atoms with van der Waals surface area (Å²) in [5.41, 5.74) is 0. The third-order valence-electron chi connectivity index (χ3n) is 2.60. The number of carboxylic acids is 1. The second-order valence-electron chi connectivity index (χ2n) is 3.76. The molecule has 15 heavy (non-hydrogen) atoms. The van der Waals surface area contributed by atoms with Gasteiger partial charge in [-0.15, -0.1) is 0 Å². The standard InChI is InChI=1S/C9H13N3O3/c1-12-4-2-3-6(12)9-10-7(15-11-9)5-8(13)14/h6H,2-5H2,1H3,(H,13,14). The summed E-state index contributed by atoms with van der Waals surface area (Å²) in [6, 6.07) is 0.177. The highest BCUT2D eigenvalue weighted by atomic mass is 16.5. The van der Waals surface area contributed by atoms with Crippen molar-refractivity contribution < 1.29 is 14.4 Å². The van der Waals surface area contributed by atoms with Gasteiger partial charge in [-0.2, -0.15) is 4.98 Å². The van der Waals surface area contributed by atoms with Crippen LogP contribution in [0, 0.1) is 0 Å². The molecule has 1 saturated heterocycles. The fourth-order valence-electron chi connectivity index (χ4n) is 1.84. The Morgan fingerprint density at radius 1 is 1.73 bits per heavy atom. The lowest BCUT2D eigenvalue weighted by Gasteiger charge is -2.14. The number of aliphatic carboxylic acids is 1. The first-order valence-corrected chi connectivity index (χ1v) is 4.91. The third-order valence-corrected chi connectivity index (χ3v) is 2.60. The summed E-state index contributed by atoms with van der Waals surface area (Å²) < 4.78 is 4.87. The first kappa shape index (κ1) is 10.1. The molecule has 0 aromatic carbocycles. The van der Waals surface area contributed by atoms with Crippen LogP contribution in [-0.2, 0) is 11.2 Å². The lowest BCUT2D eigenvalue weighted by molar-refractivity contribution is -0.136. The average Bonchev–Trinajstić information content (AvgIpc) is 2.72. The van der Waals surface area contributed by atoms with E-state index < -0.39 is 5.97 Å². The zero-order chi connectivity index (χ0) is 10.8. The molecule has 1 aromatic heterocycles. The van der Waals surface area contributed by atoms with Crippen LogP contribution in [-0.4, -0.2) is 39.7 Å². The predicted octanol–water partition coefficient (Wildman–Crippen LogP) is 0.463. The van der Waals surface area contributed by atoms with E-state index in [0.29, 0.717) is 5.82 Å². The maximum Gasteiger partial charge on any atom is 0.312 e. The van der Waals surface area contributed by atoms with Crippen molar-refractivity contribution in [3.63, 3.8) is 0 Å². The van der Waals surface area contributed by atoms with Gasteiger partial charge in [0.25, 0.3) is 0 Å². The van der Waals surface area contributed by atoms with Gasteiger partial charge in [0.2, 0.25) is 5.89 Å². The largest absolute Gasteiger partial charge is 0.481 e. The highest BCUT2D eigenvalue weighted by molar-refractivity contribution is 5.68. The maximum absolute atomic E-state index is 10.4. The van der Waals surface area contributed by atoms with Crippen molar-refractivity contribution in [1.29, 1.82) is 0 Å². The van der Waals surface area contributed by atoms with E-state index in [1.807, 2.05) is 7.05 Å². The molecular formula is C9H13N3O3. The van der Waals surface area contributed by atoms with Crippen LogP contribution in [0.2, 0.25) is 0 Å². The minimum atomic E-state index is -0.954. The molecule has 0 radical (unpaired) electrons. The molecule has 1 unspecified atom stereocenters. The molecule has 1 aliphatic heterocycles. The normalized spacial score (nSPS) is 22.1. The molecule has 2 heterocycles. The molecule has 6 heteroatoms. The fraction of sp³-hybridized carbons (Fsp3) is 0.667. The van der Waals surface area contributed by atoms with Crippen LogP contribution in [0.3, 0.4) is 0 Å². The number of carboxylic acid groups (broad SMARTS) is 1. The zero-order valence-electron chi connectivity index (χ0n) is 8.51. The van der Waals surface area contributed by atoms with E-state index in [0.717, 1.165) is 19.4 Å². The van der Waals surface area contributed by atoms with Crippen molar-refractivity contribution in [2.45, 2.75) is 25.3 Å². The molecule has 0 amide bonds. The molecule has 1 aliphatic rings. The Labute approximate surface area is 86.9 Å². The molecule has 0 saturated carbocycles. The first-order valence-electron chi connectivity index (χ1n) is 4.91. The summed E-state index contributed by atoms with van der Waals surface area (Å²) in [4.78, 5) is 16.7. The first-order chi connectivity index (χ1) is 7.16. The quantitative estimate of drug-likeness (QED) is 0.782. The summed E-state index contributed by atoms with van der Waals surface area (Å²) in [5.74, 6) is -0.172. The lowest BCUT2D eigenvalue weighted by Crippen LogP contribution is -2.18. The molecule has 1 N–H and O–H groups in total. The summed E-state index contributed by atoms with van der Waals surface area (Å²) in [5, 5.41) is 12.4. The smallest absolute Gasteiger partial charge is 0.312 e. The topological polar surface area (TPSA) is 79.5 Å². The molecule has 0 bridgehead atoms. The second-order valence-corrected chi connectivity index (χ2v) is 3.76. The molecule has 1 atom stereocenters. The molecule has 2 rings (SSSR count). The minimum Gasteiger partial charge on any atom is -0.481 e. The van der Waals surface area contributed by atoms with Crippen LogP contribution in [0.15, 0.2) is 4.52 Å². The van der Waals surface area contributed by atoms with Crippen LogP contribution in [0.4, 0.5) is 0 Å². The Bertz CT molecular complexity index is 363. The highest BCUT2D eigenvalue weighted by Crippen LogP contribution is 2.27. The molecular weight excluding hydrogens is 198 g/mol. The summed E-state index contributed by atoms with van der Waals surface area (Å²) in [6.07, 6.45) is 1.91. The van der Waals surface area contributed by atoms with Gasteiger partial charge in [-0.05, 0) is 26.4 Å². The van der Waals surface area contributed by atoms with Gasteiger partial charge < -0.3 is 9.63 Å². The van der Waals surface area contributed by atoms with Crippen molar-refractivity contribution in [3.05, 3.63) is 11.7 Å². The fourth-order valence-corrected chi connectivity index (χ4v) is 1.84. The molecule has 0 aliphatic carbocycles. The van der Waals surface area contributed by atoms with E-state index in [2.05, 4.69) is 15.0 Å². The molecule has 1 fully saturated rings. The average molecular weight is 211 g/mol. The van der Waals surface area contributed by atoms with Crippen LogP contribution >= 0.6 is 0 Å². The van der Waals surface area contributed by atoms with Crippen molar-refractivity contribution in [1.82, 2.24) is 15.0 Å². The van der Waals surface area contributed by atoms with Crippen molar-refractivity contribution in [2.75, 3.05) is 13.6 Å². The number of hydrogen-bond donors (Lipinski definition) is 1. The number of likely N-dealkylation sites (tertiary alicyclic amines) is 1. The van der Waals surface area contributed by atoms with E-state index >= 15 is 0 Å². The lowest BCUT2D eigenvalue weighted by atomic mass is 10.2. The highest BCUT2D eigenvalue weighted by Gasteiger charge is 2.27. The Morgan fingerprint density at radius 2 is 2.53 bits per heavy atom. The number of hydrogen-bond acceptors (Lipinski definition) is 5. The van der Waals surface area contributed by atoms with Gasteiger partial charge in [0.1, 0.15) is 6.42 Å². The van der Waals surface area contributed by atoms with Crippen LogP contribution in [0.25, 0.3) is 0 Å². The Hall–Kier alpha value is -1.43. The Kier molecular flexibility index (Phi) is 2.68. The Balaban J connectivity index is 2.09. The van der Waals surface area contributed by atoms with Gasteiger partial charge in [0, 0.05) is 0 Å². The van der Waals surface area contributed by atoms with Gasteiger partial charge in [-0.3, -0.25) is 9.69 Å². The van der Waals surface area contributed by atoms with E-state index in [1.54, 1.807) is 0 Å². The number of nitrogens with zero attached hydrogens (tertiary/aromatic N) is 3. The molecule has 0 spiro atoms. The van der Waals surface area contributed by atoms with Crippen molar-refractivity contribution in [3.8, 4) is 0 Å². The summed E-state index contributed by atoms with van der Waals surface area (Å²) in [6.45, 7) is 1.02. The van der Waals surface area contributed by atoms with Crippen molar-refractivity contribution in [2.24, 2.45) is 0 Å². The number of aromatic nitrogens is 2. The van der Waals surface area contributed by atoms with Gasteiger partial charge in [-0.25, -0.2) is 0 Å². The van der Waals surface area contributed by atoms with Crippen LogP contribution in [0.1, 0.15) is 30.6 Å². The molecule has 1 aromatic rings. The summed E-state index contributed by atoms with van der Waals surface area (Å²) >= 11 is 0. The van der Waals surface area contributed by atoms with Gasteiger partial charge in [0.05, 0.1) is 6.04 Å². The number of carbonyl (C=O) groups is 1. The van der Waals surface area contributed by atoms with E-state index in [9.17, 15) is 4.79 Å². The van der Waals surface area contributed by atoms with Gasteiger partial charge >= 0.3 is 5.97 Å². The van der Waals surface area contributed by atoms with Gasteiger partial charge in [-0.1, -0.05) is 5.16 Å². The minimum absolute atomic E-state index is 0.177. The molecule has 6 nitrogen and oxygen atoms in total. The monoisotopic (exact) mass is 211 g/mol. The van der Waals surface area contributed by atoms with E-state index in [4.69, 9.17) is 9.63 Å². The molecule has 82 valence electrons. The maximum atomic E-state index is 10.4. The second kappa shape index (κ2) is 3.98. The SMILES string of the molecule is CN1CCCC1c1noc(CC(=O)O)n1. The van der Waals surface area contributed by atoms with Crippen LogP contribution < -0.4 is 0 Å². The van der Waals surface area contributed by atoms with E-state index in [-0.39, 0.29) is 18.4 Å².